The molecule has 164 valence electrons. The van der Waals surface area contributed by atoms with Gasteiger partial charge in [0.1, 0.15) is 5.82 Å². The third-order valence-corrected chi connectivity index (χ3v) is 6.98. The van der Waals surface area contributed by atoms with Crippen molar-refractivity contribution in [2.24, 2.45) is 0 Å². The summed E-state index contributed by atoms with van der Waals surface area (Å²) in [5, 5.41) is 13.3. The van der Waals surface area contributed by atoms with Crippen molar-refractivity contribution in [1.82, 2.24) is 9.88 Å². The highest BCUT2D eigenvalue weighted by atomic mass is 32.2. The number of hydrogen-bond donors (Lipinski definition) is 2. The monoisotopic (exact) mass is 444 g/mol. The molecule has 0 bridgehead atoms. The number of aliphatic hydroxyl groups is 1. The number of fused-ring (bicyclic) bond motifs is 1. The molecule has 1 aliphatic carbocycles. The molecule has 1 saturated carbocycles. The van der Waals surface area contributed by atoms with Gasteiger partial charge in [-0.1, -0.05) is 31.0 Å². The van der Waals surface area contributed by atoms with Gasteiger partial charge in [-0.05, 0) is 42.7 Å². The number of rotatable bonds is 5. The molecule has 1 aliphatic rings. The molecule has 2 aromatic carbocycles. The van der Waals surface area contributed by atoms with E-state index in [0.717, 1.165) is 24.7 Å². The van der Waals surface area contributed by atoms with Gasteiger partial charge in [0.05, 0.1) is 28.1 Å². The molecule has 1 heterocycles. The van der Waals surface area contributed by atoms with Crippen molar-refractivity contribution in [3.8, 4) is 0 Å². The van der Waals surface area contributed by atoms with Crippen molar-refractivity contribution in [2.45, 2.75) is 49.3 Å². The van der Waals surface area contributed by atoms with Crippen LogP contribution < -0.4 is 5.32 Å². The number of nitrogens with one attached hydrogen (secondary N) is 1. The van der Waals surface area contributed by atoms with Gasteiger partial charge >= 0.3 is 0 Å². The number of aliphatic hydroxyl groups excluding tert-OH is 1. The first-order valence-electron chi connectivity index (χ1n) is 10.3. The molecule has 1 amide bonds. The Kier molecular flexibility index (Phi) is 5.85. The van der Waals surface area contributed by atoms with Gasteiger partial charge in [-0.2, -0.15) is 0 Å². The predicted molar refractivity (Wildman–Crippen MR) is 116 cm³/mol. The Morgan fingerprint density at radius 3 is 2.55 bits per heavy atom. The normalized spacial score (nSPS) is 19.5. The Hall–Kier alpha value is -2.71. The number of hydrogen-bond acceptors (Lipinski definition) is 4. The van der Waals surface area contributed by atoms with Gasteiger partial charge in [-0.25, -0.2) is 12.8 Å². The Labute approximate surface area is 180 Å². The van der Waals surface area contributed by atoms with Crippen molar-refractivity contribution in [2.75, 3.05) is 6.26 Å². The van der Waals surface area contributed by atoms with E-state index in [2.05, 4.69) is 5.32 Å². The summed E-state index contributed by atoms with van der Waals surface area (Å²) in [6, 6.07) is 10.8. The molecule has 1 fully saturated rings. The summed E-state index contributed by atoms with van der Waals surface area (Å²) in [5.74, 6) is -0.898. The lowest BCUT2D eigenvalue weighted by atomic mass is 9.92. The lowest BCUT2D eigenvalue weighted by Crippen LogP contribution is -2.45. The third-order valence-electron chi connectivity index (χ3n) is 5.85. The summed E-state index contributed by atoms with van der Waals surface area (Å²) < 4.78 is 39.8. The molecule has 1 aromatic heterocycles. The molecule has 0 saturated heterocycles. The molecule has 31 heavy (non-hydrogen) atoms. The zero-order chi connectivity index (χ0) is 22.2. The maximum absolute atomic E-state index is 14.7. The van der Waals surface area contributed by atoms with Gasteiger partial charge < -0.3 is 15.0 Å². The van der Waals surface area contributed by atoms with E-state index in [4.69, 9.17) is 0 Å². The van der Waals surface area contributed by atoms with Crippen LogP contribution in [0.2, 0.25) is 0 Å². The Morgan fingerprint density at radius 2 is 1.87 bits per heavy atom. The van der Waals surface area contributed by atoms with Crippen molar-refractivity contribution < 1.29 is 22.7 Å². The lowest BCUT2D eigenvalue weighted by molar-refractivity contribution is 0.0718. The highest BCUT2D eigenvalue weighted by molar-refractivity contribution is 7.90. The number of amides is 1. The maximum Gasteiger partial charge on any atom is 0.253 e. The second-order valence-corrected chi connectivity index (χ2v) is 10.2. The standard InChI is InChI=1S/C23H25FN2O4S/c1-31(29,30)16-11-9-15(10-12-16)13-26-14-17(22-18(24)5-4-7-20(22)26)23(28)25-19-6-2-3-8-21(19)27/h4-5,7,9-12,14,19,21,27H,2-3,6,8,13H2,1H3,(H,25,28). The van der Waals surface area contributed by atoms with Crippen LogP contribution in [0.5, 0.6) is 0 Å². The Bertz CT molecular complexity index is 1220. The van der Waals surface area contributed by atoms with E-state index in [1.807, 2.05) is 0 Å². The molecule has 2 unspecified atom stereocenters. The fourth-order valence-electron chi connectivity index (χ4n) is 4.18. The first-order chi connectivity index (χ1) is 14.7. The van der Waals surface area contributed by atoms with E-state index in [9.17, 15) is 22.7 Å². The number of nitrogens with zero attached hydrogens (tertiary/aromatic N) is 1. The fourth-order valence-corrected chi connectivity index (χ4v) is 4.81. The number of sulfone groups is 1. The summed E-state index contributed by atoms with van der Waals surface area (Å²) in [5.41, 5.74) is 1.61. The number of halogens is 1. The van der Waals surface area contributed by atoms with Crippen LogP contribution in [0.4, 0.5) is 4.39 Å². The van der Waals surface area contributed by atoms with Gasteiger partial charge in [-0.3, -0.25) is 4.79 Å². The predicted octanol–water partition coefficient (Wildman–Crippen LogP) is 3.27. The largest absolute Gasteiger partial charge is 0.391 e. The van der Waals surface area contributed by atoms with Crippen LogP contribution in [-0.4, -0.2) is 42.4 Å². The van der Waals surface area contributed by atoms with Crippen LogP contribution in [0.15, 0.2) is 53.6 Å². The zero-order valence-corrected chi connectivity index (χ0v) is 18.0. The van der Waals surface area contributed by atoms with Crippen LogP contribution in [-0.2, 0) is 16.4 Å². The van der Waals surface area contributed by atoms with E-state index >= 15 is 0 Å². The van der Waals surface area contributed by atoms with Crippen LogP contribution >= 0.6 is 0 Å². The van der Waals surface area contributed by atoms with E-state index in [1.54, 1.807) is 35.0 Å². The molecule has 2 N–H and O–H groups in total. The topological polar surface area (TPSA) is 88.4 Å². The highest BCUT2D eigenvalue weighted by Crippen LogP contribution is 2.27. The van der Waals surface area contributed by atoms with E-state index in [1.165, 1.54) is 18.2 Å². The molecular weight excluding hydrogens is 419 g/mol. The van der Waals surface area contributed by atoms with E-state index in [0.29, 0.717) is 24.9 Å². The number of carbonyl (C=O) groups excluding carboxylic acids is 1. The first-order valence-corrected chi connectivity index (χ1v) is 12.2. The van der Waals surface area contributed by atoms with Gasteiger partial charge in [0, 0.05) is 24.4 Å². The molecule has 0 radical (unpaired) electrons. The number of carbonyl (C=O) groups is 1. The molecule has 6 nitrogen and oxygen atoms in total. The zero-order valence-electron chi connectivity index (χ0n) is 17.2. The van der Waals surface area contributed by atoms with Crippen LogP contribution in [0.3, 0.4) is 0 Å². The Balaban J connectivity index is 1.66. The average Bonchev–Trinajstić information content (AvgIpc) is 3.09. The van der Waals surface area contributed by atoms with E-state index in [-0.39, 0.29) is 21.9 Å². The fraction of sp³-hybridized carbons (Fsp3) is 0.348. The second kappa shape index (κ2) is 8.43. The van der Waals surface area contributed by atoms with Crippen molar-refractivity contribution in [1.29, 1.82) is 0 Å². The molecule has 8 heteroatoms. The van der Waals surface area contributed by atoms with Crippen molar-refractivity contribution in [3.63, 3.8) is 0 Å². The molecule has 4 rings (SSSR count). The average molecular weight is 445 g/mol. The van der Waals surface area contributed by atoms with Crippen molar-refractivity contribution >= 4 is 26.6 Å². The summed E-state index contributed by atoms with van der Waals surface area (Å²) in [6.45, 7) is 0.351. The van der Waals surface area contributed by atoms with Gasteiger partial charge in [-0.15, -0.1) is 0 Å². The van der Waals surface area contributed by atoms with Crippen LogP contribution in [0, 0.1) is 5.82 Å². The second-order valence-electron chi connectivity index (χ2n) is 8.15. The minimum absolute atomic E-state index is 0.221. The smallest absolute Gasteiger partial charge is 0.253 e. The number of aromatic nitrogens is 1. The minimum atomic E-state index is -3.29. The number of benzene rings is 2. The first kappa shape index (κ1) is 21.5. The molecule has 2 atom stereocenters. The summed E-state index contributed by atoms with van der Waals surface area (Å²) >= 11 is 0. The SMILES string of the molecule is CS(=O)(=O)c1ccc(Cn2cc(C(=O)NC3CCCCC3O)c3c(F)cccc32)cc1. The van der Waals surface area contributed by atoms with Crippen LogP contribution in [0.25, 0.3) is 10.9 Å². The molecular formula is C23H25FN2O4S. The summed E-state index contributed by atoms with van der Waals surface area (Å²) in [7, 11) is -3.29. The van der Waals surface area contributed by atoms with Gasteiger partial charge in [0.15, 0.2) is 9.84 Å². The van der Waals surface area contributed by atoms with Crippen molar-refractivity contribution in [3.05, 3.63) is 65.6 Å². The van der Waals surface area contributed by atoms with Crippen LogP contribution in [0.1, 0.15) is 41.6 Å². The lowest BCUT2D eigenvalue weighted by Gasteiger charge is -2.28. The minimum Gasteiger partial charge on any atom is -0.391 e. The molecule has 0 aliphatic heterocycles. The third kappa shape index (κ3) is 4.50. The van der Waals surface area contributed by atoms with Gasteiger partial charge in [0.25, 0.3) is 5.91 Å². The quantitative estimate of drug-likeness (QED) is 0.632. The molecule has 3 aromatic rings. The Morgan fingerprint density at radius 1 is 1.16 bits per heavy atom. The van der Waals surface area contributed by atoms with Gasteiger partial charge in [0.2, 0.25) is 0 Å². The van der Waals surface area contributed by atoms with E-state index < -0.39 is 27.7 Å². The summed E-state index contributed by atoms with van der Waals surface area (Å²) in [4.78, 5) is 13.2. The maximum atomic E-state index is 14.7. The highest BCUT2D eigenvalue weighted by Gasteiger charge is 2.27. The molecule has 0 spiro atoms. The summed E-state index contributed by atoms with van der Waals surface area (Å²) in [6.07, 6.45) is 5.37.